The predicted molar refractivity (Wildman–Crippen MR) is 81.5 cm³/mol. The molecule has 3 rings (SSSR count). The topological polar surface area (TPSA) is 30.0 Å². The van der Waals surface area contributed by atoms with Crippen LogP contribution in [0.3, 0.4) is 0 Å². The molecule has 0 unspecified atom stereocenters. The van der Waals surface area contributed by atoms with Crippen LogP contribution in [-0.4, -0.2) is 10.8 Å². The maximum absolute atomic E-state index is 12.1. The predicted octanol–water partition coefficient (Wildman–Crippen LogP) is 4.13. The van der Waals surface area contributed by atoms with Crippen molar-refractivity contribution in [3.8, 4) is 0 Å². The number of benzene rings is 2. The Hall–Kier alpha value is -2.74. The standard InChI is InChI=1S/C18H13NO/c20-18(13-10-14-6-2-1-3-7-14)17-12-11-15-8-4-5-9-16(15)19-17/h1-13H. The number of ketones is 1. The Labute approximate surface area is 117 Å². The molecular formula is C18H13NO. The highest BCUT2D eigenvalue weighted by Crippen LogP contribution is 2.12. The average Bonchev–Trinajstić information content (AvgIpc) is 2.53. The Kier molecular flexibility index (Phi) is 3.38. The molecule has 1 heterocycles. The molecule has 0 spiro atoms. The third-order valence-corrected chi connectivity index (χ3v) is 3.08. The smallest absolute Gasteiger partial charge is 0.204 e. The van der Waals surface area contributed by atoms with Gasteiger partial charge in [0.2, 0.25) is 5.78 Å². The van der Waals surface area contributed by atoms with E-state index in [0.717, 1.165) is 16.5 Å². The Morgan fingerprint density at radius 2 is 1.60 bits per heavy atom. The molecule has 0 aliphatic rings. The van der Waals surface area contributed by atoms with Crippen LogP contribution in [0.4, 0.5) is 0 Å². The van der Waals surface area contributed by atoms with Gasteiger partial charge in [0.15, 0.2) is 0 Å². The van der Waals surface area contributed by atoms with Gasteiger partial charge in [0.25, 0.3) is 0 Å². The van der Waals surface area contributed by atoms with Gasteiger partial charge in [-0.3, -0.25) is 4.79 Å². The summed E-state index contributed by atoms with van der Waals surface area (Å²) in [5, 5.41) is 1.04. The number of nitrogens with zero attached hydrogens (tertiary/aromatic N) is 1. The minimum atomic E-state index is -0.0837. The van der Waals surface area contributed by atoms with E-state index in [4.69, 9.17) is 0 Å². The summed E-state index contributed by atoms with van der Waals surface area (Å²) in [6, 6.07) is 21.2. The Morgan fingerprint density at radius 3 is 2.45 bits per heavy atom. The van der Waals surface area contributed by atoms with E-state index >= 15 is 0 Å². The van der Waals surface area contributed by atoms with Gasteiger partial charge in [-0.05, 0) is 23.8 Å². The van der Waals surface area contributed by atoms with Gasteiger partial charge >= 0.3 is 0 Å². The number of pyridine rings is 1. The number of aromatic nitrogens is 1. The van der Waals surface area contributed by atoms with Gasteiger partial charge < -0.3 is 0 Å². The molecule has 0 aliphatic heterocycles. The van der Waals surface area contributed by atoms with Gasteiger partial charge in [0.1, 0.15) is 5.69 Å². The molecule has 0 bridgehead atoms. The van der Waals surface area contributed by atoms with E-state index in [0.29, 0.717) is 5.69 Å². The van der Waals surface area contributed by atoms with Crippen molar-refractivity contribution in [3.05, 3.63) is 84.1 Å². The van der Waals surface area contributed by atoms with Crippen LogP contribution in [0.1, 0.15) is 16.1 Å². The van der Waals surface area contributed by atoms with Crippen molar-refractivity contribution in [1.29, 1.82) is 0 Å². The van der Waals surface area contributed by atoms with Crippen molar-refractivity contribution in [2.45, 2.75) is 0 Å². The van der Waals surface area contributed by atoms with Crippen molar-refractivity contribution in [3.63, 3.8) is 0 Å². The first-order valence-electron chi connectivity index (χ1n) is 6.46. The minimum Gasteiger partial charge on any atom is -0.288 e. The van der Waals surface area contributed by atoms with Gasteiger partial charge in [0.05, 0.1) is 5.52 Å². The van der Waals surface area contributed by atoms with Gasteiger partial charge in [-0.1, -0.05) is 60.7 Å². The van der Waals surface area contributed by atoms with E-state index in [1.165, 1.54) is 0 Å². The minimum absolute atomic E-state index is 0.0837. The highest BCUT2D eigenvalue weighted by Gasteiger charge is 2.04. The van der Waals surface area contributed by atoms with Crippen LogP contribution < -0.4 is 0 Å². The number of allylic oxidation sites excluding steroid dienone is 1. The lowest BCUT2D eigenvalue weighted by Crippen LogP contribution is -1.98. The summed E-state index contributed by atoms with van der Waals surface area (Å²) in [4.78, 5) is 16.5. The highest BCUT2D eigenvalue weighted by atomic mass is 16.1. The first kappa shape index (κ1) is 12.3. The van der Waals surface area contributed by atoms with Crippen LogP contribution >= 0.6 is 0 Å². The van der Waals surface area contributed by atoms with E-state index in [9.17, 15) is 4.79 Å². The zero-order valence-corrected chi connectivity index (χ0v) is 10.9. The molecule has 1 aromatic heterocycles. The van der Waals surface area contributed by atoms with E-state index in [1.807, 2.05) is 60.7 Å². The molecule has 0 saturated heterocycles. The van der Waals surface area contributed by atoms with Crippen LogP contribution in [-0.2, 0) is 0 Å². The second kappa shape index (κ2) is 5.49. The normalized spacial score (nSPS) is 11.0. The summed E-state index contributed by atoms with van der Waals surface area (Å²) < 4.78 is 0. The van der Waals surface area contributed by atoms with E-state index < -0.39 is 0 Å². The van der Waals surface area contributed by atoms with Gasteiger partial charge in [-0.2, -0.15) is 0 Å². The number of hydrogen-bond acceptors (Lipinski definition) is 2. The fourth-order valence-corrected chi connectivity index (χ4v) is 2.02. The third-order valence-electron chi connectivity index (χ3n) is 3.08. The summed E-state index contributed by atoms with van der Waals surface area (Å²) in [6.45, 7) is 0. The van der Waals surface area contributed by atoms with Crippen molar-refractivity contribution >= 4 is 22.8 Å². The first-order chi connectivity index (χ1) is 9.83. The molecule has 0 fully saturated rings. The summed E-state index contributed by atoms with van der Waals surface area (Å²) in [5.41, 5.74) is 2.31. The quantitative estimate of drug-likeness (QED) is 0.523. The molecule has 3 aromatic rings. The maximum atomic E-state index is 12.1. The number of carbonyl (C=O) groups excluding carboxylic acids is 1. The second-order valence-corrected chi connectivity index (χ2v) is 4.50. The van der Waals surface area contributed by atoms with E-state index in [1.54, 1.807) is 18.2 Å². The van der Waals surface area contributed by atoms with Crippen molar-refractivity contribution in [2.75, 3.05) is 0 Å². The molecular weight excluding hydrogens is 246 g/mol. The summed E-state index contributed by atoms with van der Waals surface area (Å²) in [5.74, 6) is -0.0837. The number of fused-ring (bicyclic) bond motifs is 1. The lowest BCUT2D eigenvalue weighted by molar-refractivity contribution is 0.104. The Bertz CT molecular complexity index is 776. The van der Waals surface area contributed by atoms with Gasteiger partial charge in [0, 0.05) is 5.39 Å². The number of rotatable bonds is 3. The molecule has 96 valence electrons. The Morgan fingerprint density at radius 1 is 0.850 bits per heavy atom. The lowest BCUT2D eigenvalue weighted by atomic mass is 10.1. The van der Waals surface area contributed by atoms with Gasteiger partial charge in [-0.25, -0.2) is 4.98 Å². The molecule has 2 aromatic carbocycles. The number of carbonyl (C=O) groups is 1. The molecule has 0 aliphatic carbocycles. The molecule has 0 N–H and O–H groups in total. The average molecular weight is 259 g/mol. The van der Waals surface area contributed by atoms with Crippen LogP contribution in [0, 0.1) is 0 Å². The molecule has 20 heavy (non-hydrogen) atoms. The number of para-hydroxylation sites is 1. The first-order valence-corrected chi connectivity index (χ1v) is 6.46. The van der Waals surface area contributed by atoms with Crippen LogP contribution in [0.25, 0.3) is 17.0 Å². The monoisotopic (exact) mass is 259 g/mol. The summed E-state index contributed by atoms with van der Waals surface area (Å²) in [7, 11) is 0. The van der Waals surface area contributed by atoms with Crippen LogP contribution in [0.2, 0.25) is 0 Å². The van der Waals surface area contributed by atoms with Crippen molar-refractivity contribution < 1.29 is 4.79 Å². The maximum Gasteiger partial charge on any atom is 0.204 e. The lowest BCUT2D eigenvalue weighted by Gasteiger charge is -1.99. The zero-order chi connectivity index (χ0) is 13.8. The fraction of sp³-hybridized carbons (Fsp3) is 0. The third kappa shape index (κ3) is 2.64. The molecule has 0 amide bonds. The molecule has 0 radical (unpaired) electrons. The van der Waals surface area contributed by atoms with Gasteiger partial charge in [-0.15, -0.1) is 0 Å². The molecule has 0 saturated carbocycles. The zero-order valence-electron chi connectivity index (χ0n) is 10.9. The number of hydrogen-bond donors (Lipinski definition) is 0. The summed E-state index contributed by atoms with van der Waals surface area (Å²) in [6.07, 6.45) is 3.37. The fourth-order valence-electron chi connectivity index (χ4n) is 2.02. The second-order valence-electron chi connectivity index (χ2n) is 4.50. The van der Waals surface area contributed by atoms with Crippen LogP contribution in [0.5, 0.6) is 0 Å². The highest BCUT2D eigenvalue weighted by molar-refractivity contribution is 6.06. The Balaban J connectivity index is 1.87. The van der Waals surface area contributed by atoms with Crippen molar-refractivity contribution in [1.82, 2.24) is 4.98 Å². The van der Waals surface area contributed by atoms with Crippen molar-refractivity contribution in [2.24, 2.45) is 0 Å². The molecule has 0 atom stereocenters. The largest absolute Gasteiger partial charge is 0.288 e. The SMILES string of the molecule is O=C(C=Cc1ccccc1)c1ccc2ccccc2n1. The summed E-state index contributed by atoms with van der Waals surface area (Å²) >= 11 is 0. The molecule has 2 heteroatoms. The van der Waals surface area contributed by atoms with Crippen LogP contribution in [0.15, 0.2) is 72.8 Å². The van der Waals surface area contributed by atoms with E-state index in [-0.39, 0.29) is 5.78 Å². The van der Waals surface area contributed by atoms with E-state index in [2.05, 4.69) is 4.98 Å². The molecule has 2 nitrogen and oxygen atoms in total.